The molecule has 2 heterocycles. The molecule has 3 aromatic rings. The second-order valence-electron chi connectivity index (χ2n) is 5.90. The summed E-state index contributed by atoms with van der Waals surface area (Å²) in [4.78, 5) is 29.2. The number of rotatable bonds is 5. The Morgan fingerprint density at radius 2 is 1.85 bits per heavy atom. The van der Waals surface area contributed by atoms with E-state index in [1.54, 1.807) is 41.4 Å². The molecule has 0 atom stereocenters. The van der Waals surface area contributed by atoms with E-state index in [9.17, 15) is 9.59 Å². The molecule has 3 rings (SSSR count). The van der Waals surface area contributed by atoms with Gasteiger partial charge in [0.1, 0.15) is 5.82 Å². The molecule has 0 bridgehead atoms. The lowest BCUT2D eigenvalue weighted by Crippen LogP contribution is -2.34. The van der Waals surface area contributed by atoms with Gasteiger partial charge in [-0.05, 0) is 44.2 Å². The first kappa shape index (κ1) is 18.2. The molecule has 0 aliphatic carbocycles. The van der Waals surface area contributed by atoms with Crippen molar-refractivity contribution in [3.05, 3.63) is 48.8 Å². The predicted molar refractivity (Wildman–Crippen MR) is 105 cm³/mol. The number of anilines is 3. The van der Waals surface area contributed by atoms with Crippen molar-refractivity contribution in [2.24, 2.45) is 0 Å². The van der Waals surface area contributed by atoms with Crippen LogP contribution in [0, 0.1) is 0 Å². The molecule has 1 aromatic carbocycles. The Kier molecular flexibility index (Phi) is 5.25. The van der Waals surface area contributed by atoms with Gasteiger partial charge in [-0.1, -0.05) is 0 Å². The van der Waals surface area contributed by atoms with Crippen LogP contribution in [0.2, 0.25) is 0 Å². The minimum absolute atomic E-state index is 0.193. The van der Waals surface area contributed by atoms with Crippen LogP contribution in [-0.2, 0) is 0 Å². The number of amides is 2. The quantitative estimate of drug-likeness (QED) is 0.628. The fourth-order valence-corrected chi connectivity index (χ4v) is 2.83. The molecular weight excluding hydrogens is 346 g/mol. The molecule has 3 N–H and O–H groups in total. The predicted octanol–water partition coefficient (Wildman–Crippen LogP) is 4.18. The number of carbonyl (C=O) groups excluding carboxylic acids is 1. The van der Waals surface area contributed by atoms with Gasteiger partial charge in [0, 0.05) is 48.3 Å². The summed E-state index contributed by atoms with van der Waals surface area (Å²) in [6.07, 6.45) is 2.11. The van der Waals surface area contributed by atoms with Gasteiger partial charge in [0.15, 0.2) is 0 Å². The van der Waals surface area contributed by atoms with Crippen LogP contribution in [0.3, 0.4) is 0 Å². The summed E-state index contributed by atoms with van der Waals surface area (Å²) in [5.74, 6) is 0.454. The van der Waals surface area contributed by atoms with Crippen LogP contribution in [0.15, 0.2) is 48.8 Å². The van der Waals surface area contributed by atoms with Gasteiger partial charge in [0.05, 0.1) is 5.52 Å². The van der Waals surface area contributed by atoms with Gasteiger partial charge in [-0.15, -0.1) is 0 Å². The van der Waals surface area contributed by atoms with Crippen LogP contribution in [-0.4, -0.2) is 44.8 Å². The van der Waals surface area contributed by atoms with Gasteiger partial charge < -0.3 is 15.3 Å². The lowest BCUT2D eigenvalue weighted by Gasteiger charge is -2.19. The number of carbonyl (C=O) groups is 2. The zero-order valence-electron chi connectivity index (χ0n) is 15.1. The maximum absolute atomic E-state index is 12.2. The SMILES string of the molecule is CCN(CC)C(=O)Nc1cc(Nc2ccc3c(ccn3C(=O)O)c2)ccn1. The highest BCUT2D eigenvalue weighted by Gasteiger charge is 2.11. The van der Waals surface area contributed by atoms with Crippen LogP contribution >= 0.6 is 0 Å². The van der Waals surface area contributed by atoms with Gasteiger partial charge in [0.25, 0.3) is 0 Å². The highest BCUT2D eigenvalue weighted by molar-refractivity contribution is 5.91. The molecule has 0 aliphatic rings. The van der Waals surface area contributed by atoms with Crippen LogP contribution in [0.1, 0.15) is 13.8 Å². The third-order valence-corrected chi connectivity index (χ3v) is 4.23. The van der Waals surface area contributed by atoms with Crippen LogP contribution in [0.4, 0.5) is 26.8 Å². The van der Waals surface area contributed by atoms with E-state index in [0.29, 0.717) is 24.4 Å². The van der Waals surface area contributed by atoms with Crippen molar-refractivity contribution in [3.63, 3.8) is 0 Å². The second-order valence-corrected chi connectivity index (χ2v) is 5.90. The number of hydrogen-bond donors (Lipinski definition) is 3. The summed E-state index contributed by atoms with van der Waals surface area (Å²) in [6.45, 7) is 5.08. The molecule has 8 heteroatoms. The van der Waals surface area contributed by atoms with Crippen molar-refractivity contribution in [2.45, 2.75) is 13.8 Å². The highest BCUT2D eigenvalue weighted by atomic mass is 16.4. The molecule has 27 heavy (non-hydrogen) atoms. The van der Waals surface area contributed by atoms with Crippen LogP contribution in [0.5, 0.6) is 0 Å². The molecule has 0 saturated heterocycles. The summed E-state index contributed by atoms with van der Waals surface area (Å²) in [5.41, 5.74) is 2.18. The fourth-order valence-electron chi connectivity index (χ4n) is 2.83. The number of aromatic nitrogens is 2. The lowest BCUT2D eigenvalue weighted by molar-refractivity contribution is 0.197. The number of fused-ring (bicyclic) bond motifs is 1. The summed E-state index contributed by atoms with van der Waals surface area (Å²) in [5, 5.41) is 16.0. The highest BCUT2D eigenvalue weighted by Crippen LogP contribution is 2.24. The van der Waals surface area contributed by atoms with E-state index < -0.39 is 6.09 Å². The van der Waals surface area contributed by atoms with Crippen molar-refractivity contribution >= 4 is 40.2 Å². The Balaban J connectivity index is 1.77. The molecule has 0 aliphatic heterocycles. The molecule has 8 nitrogen and oxygen atoms in total. The maximum atomic E-state index is 12.2. The minimum Gasteiger partial charge on any atom is -0.464 e. The standard InChI is InChI=1S/C19H21N5O3/c1-3-23(4-2)18(25)22-17-12-15(7-9-20-17)21-14-5-6-16-13(11-14)8-10-24(16)19(26)27/h5-12H,3-4H2,1-2H3,(H,26,27)(H2,20,21,22,25). The average Bonchev–Trinajstić information content (AvgIpc) is 3.06. The van der Waals surface area contributed by atoms with Crippen LogP contribution in [0.25, 0.3) is 10.9 Å². The Hall–Kier alpha value is -3.55. The van der Waals surface area contributed by atoms with Gasteiger partial charge in [-0.3, -0.25) is 9.88 Å². The molecule has 0 spiro atoms. The molecule has 140 valence electrons. The van der Waals surface area contributed by atoms with Gasteiger partial charge in [-0.25, -0.2) is 14.6 Å². The van der Waals surface area contributed by atoms with Gasteiger partial charge in [-0.2, -0.15) is 0 Å². The topological polar surface area (TPSA) is 99.5 Å². The van der Waals surface area contributed by atoms with E-state index in [1.165, 1.54) is 10.8 Å². The minimum atomic E-state index is -1.02. The smallest absolute Gasteiger partial charge is 0.415 e. The number of benzene rings is 1. The Morgan fingerprint density at radius 3 is 2.56 bits per heavy atom. The van der Waals surface area contributed by atoms with E-state index >= 15 is 0 Å². The summed E-state index contributed by atoms with van der Waals surface area (Å²) in [7, 11) is 0. The Morgan fingerprint density at radius 1 is 1.11 bits per heavy atom. The van der Waals surface area contributed by atoms with Gasteiger partial charge in [0.2, 0.25) is 0 Å². The molecule has 2 amide bonds. The van der Waals surface area contributed by atoms with E-state index in [1.807, 2.05) is 19.9 Å². The van der Waals surface area contributed by atoms with Crippen molar-refractivity contribution in [2.75, 3.05) is 23.7 Å². The number of hydrogen-bond acceptors (Lipinski definition) is 4. The second kappa shape index (κ2) is 7.77. The molecule has 0 unspecified atom stereocenters. The summed E-state index contributed by atoms with van der Waals surface area (Å²) in [6, 6.07) is 10.5. The first-order valence-corrected chi connectivity index (χ1v) is 8.65. The molecule has 0 fully saturated rings. The lowest BCUT2D eigenvalue weighted by atomic mass is 10.2. The number of pyridine rings is 1. The molecular formula is C19H21N5O3. The van der Waals surface area contributed by atoms with Crippen molar-refractivity contribution in [1.82, 2.24) is 14.5 Å². The van der Waals surface area contributed by atoms with E-state index in [-0.39, 0.29) is 6.03 Å². The number of urea groups is 1. The maximum Gasteiger partial charge on any atom is 0.415 e. The Bertz CT molecular complexity index is 978. The zero-order valence-corrected chi connectivity index (χ0v) is 15.1. The van der Waals surface area contributed by atoms with Crippen molar-refractivity contribution in [1.29, 1.82) is 0 Å². The zero-order chi connectivity index (χ0) is 19.4. The molecule has 0 radical (unpaired) electrons. The largest absolute Gasteiger partial charge is 0.464 e. The van der Waals surface area contributed by atoms with Crippen LogP contribution < -0.4 is 10.6 Å². The van der Waals surface area contributed by atoms with E-state index in [0.717, 1.165) is 16.8 Å². The monoisotopic (exact) mass is 367 g/mol. The van der Waals surface area contributed by atoms with Crippen molar-refractivity contribution < 1.29 is 14.7 Å². The normalized spacial score (nSPS) is 10.6. The Labute approximate surface area is 156 Å². The molecule has 2 aromatic heterocycles. The third-order valence-electron chi connectivity index (χ3n) is 4.23. The number of nitrogens with zero attached hydrogens (tertiary/aromatic N) is 3. The average molecular weight is 367 g/mol. The fraction of sp³-hybridized carbons (Fsp3) is 0.211. The first-order chi connectivity index (χ1) is 13.0. The third kappa shape index (κ3) is 4.00. The van der Waals surface area contributed by atoms with Gasteiger partial charge >= 0.3 is 12.1 Å². The molecule has 0 saturated carbocycles. The summed E-state index contributed by atoms with van der Waals surface area (Å²) >= 11 is 0. The van der Waals surface area contributed by atoms with Crippen molar-refractivity contribution in [3.8, 4) is 0 Å². The summed E-state index contributed by atoms with van der Waals surface area (Å²) < 4.78 is 1.17. The van der Waals surface area contributed by atoms with E-state index in [2.05, 4.69) is 15.6 Å². The first-order valence-electron chi connectivity index (χ1n) is 8.65. The van der Waals surface area contributed by atoms with E-state index in [4.69, 9.17) is 5.11 Å². The number of carboxylic acid groups (broad SMARTS) is 1. The number of nitrogens with one attached hydrogen (secondary N) is 2.